The Kier molecular flexibility index (Phi) is 1.95. The Hall–Kier alpha value is -1.69. The van der Waals surface area contributed by atoms with Gasteiger partial charge in [0.2, 0.25) is 16.8 Å². The molecule has 0 saturated heterocycles. The Morgan fingerprint density at radius 2 is 1.88 bits per heavy atom. The van der Waals surface area contributed by atoms with Crippen molar-refractivity contribution >= 4 is 20.9 Å². The van der Waals surface area contributed by atoms with Gasteiger partial charge in [0.25, 0.3) is 0 Å². The Labute approximate surface area is 98.6 Å². The maximum Gasteiger partial charge on any atom is 0.236 e. The SMILES string of the molecule is Cc1cn(S(C)(=O)=O)c2cc3c(cc12)OCO3. The van der Waals surface area contributed by atoms with Crippen molar-refractivity contribution in [3.05, 3.63) is 23.9 Å². The van der Waals surface area contributed by atoms with Gasteiger partial charge in [-0.1, -0.05) is 0 Å². The largest absolute Gasteiger partial charge is 0.454 e. The Morgan fingerprint density at radius 3 is 2.53 bits per heavy atom. The molecule has 0 unspecified atom stereocenters. The van der Waals surface area contributed by atoms with Gasteiger partial charge in [0.1, 0.15) is 0 Å². The maximum absolute atomic E-state index is 11.7. The highest BCUT2D eigenvalue weighted by atomic mass is 32.2. The van der Waals surface area contributed by atoms with Gasteiger partial charge >= 0.3 is 0 Å². The zero-order valence-corrected chi connectivity index (χ0v) is 10.2. The number of hydrogen-bond acceptors (Lipinski definition) is 4. The minimum atomic E-state index is -3.31. The molecule has 2 heterocycles. The van der Waals surface area contributed by atoms with E-state index in [1.54, 1.807) is 12.3 Å². The van der Waals surface area contributed by atoms with Gasteiger partial charge in [0, 0.05) is 17.6 Å². The first-order valence-electron chi connectivity index (χ1n) is 5.08. The van der Waals surface area contributed by atoms with Gasteiger partial charge < -0.3 is 9.47 Å². The van der Waals surface area contributed by atoms with Gasteiger partial charge in [0.15, 0.2) is 11.5 Å². The number of ether oxygens (including phenoxy) is 2. The van der Waals surface area contributed by atoms with E-state index in [4.69, 9.17) is 9.47 Å². The van der Waals surface area contributed by atoms with E-state index in [0.29, 0.717) is 17.0 Å². The molecule has 1 aromatic heterocycles. The summed E-state index contributed by atoms with van der Waals surface area (Å²) in [4.78, 5) is 0. The summed E-state index contributed by atoms with van der Waals surface area (Å²) in [6.45, 7) is 2.05. The molecule has 0 aliphatic carbocycles. The fourth-order valence-corrected chi connectivity index (χ4v) is 2.88. The first kappa shape index (κ1) is 10.5. The Balaban J connectivity index is 2.41. The topological polar surface area (TPSA) is 57.5 Å². The third-order valence-electron chi connectivity index (χ3n) is 2.82. The van der Waals surface area contributed by atoms with Crippen LogP contribution < -0.4 is 9.47 Å². The molecule has 0 amide bonds. The minimum Gasteiger partial charge on any atom is -0.454 e. The third-order valence-corrected chi connectivity index (χ3v) is 3.84. The van der Waals surface area contributed by atoms with Crippen LogP contribution in [0.1, 0.15) is 5.56 Å². The van der Waals surface area contributed by atoms with Crippen molar-refractivity contribution in [3.8, 4) is 11.5 Å². The van der Waals surface area contributed by atoms with E-state index < -0.39 is 10.0 Å². The average Bonchev–Trinajstić information content (AvgIpc) is 2.79. The van der Waals surface area contributed by atoms with E-state index in [1.807, 2.05) is 13.0 Å². The third kappa shape index (κ3) is 1.48. The van der Waals surface area contributed by atoms with Crippen molar-refractivity contribution in [3.63, 3.8) is 0 Å². The number of hydrogen-bond donors (Lipinski definition) is 0. The molecule has 5 nitrogen and oxygen atoms in total. The summed E-state index contributed by atoms with van der Waals surface area (Å²) in [6.07, 6.45) is 2.78. The number of aromatic nitrogens is 1. The first-order chi connectivity index (χ1) is 7.97. The summed E-state index contributed by atoms with van der Waals surface area (Å²) < 4.78 is 35.1. The van der Waals surface area contributed by atoms with Crippen LogP contribution in [0.25, 0.3) is 10.9 Å². The molecule has 1 aromatic carbocycles. The van der Waals surface area contributed by atoms with Crippen molar-refractivity contribution in [1.82, 2.24) is 3.97 Å². The standard InChI is InChI=1S/C11H11NO4S/c1-7-5-12(17(2,13)14)9-4-11-10(3-8(7)9)15-6-16-11/h3-5H,6H2,1-2H3. The predicted molar refractivity (Wildman–Crippen MR) is 63.0 cm³/mol. The van der Waals surface area contributed by atoms with Crippen LogP contribution in [0, 0.1) is 6.92 Å². The lowest BCUT2D eigenvalue weighted by molar-refractivity contribution is 0.174. The minimum absolute atomic E-state index is 0.180. The van der Waals surface area contributed by atoms with Gasteiger partial charge in [-0.3, -0.25) is 0 Å². The van der Waals surface area contributed by atoms with E-state index in [9.17, 15) is 8.42 Å². The van der Waals surface area contributed by atoms with Crippen LogP contribution >= 0.6 is 0 Å². The highest BCUT2D eigenvalue weighted by Gasteiger charge is 2.19. The lowest BCUT2D eigenvalue weighted by Crippen LogP contribution is -2.08. The number of aryl methyl sites for hydroxylation is 1. The maximum atomic E-state index is 11.7. The van der Waals surface area contributed by atoms with Crippen LogP contribution in [0.15, 0.2) is 18.3 Å². The normalized spacial score (nSPS) is 14.5. The highest BCUT2D eigenvalue weighted by molar-refractivity contribution is 7.89. The van der Waals surface area contributed by atoms with Crippen molar-refractivity contribution in [2.24, 2.45) is 0 Å². The molecule has 0 N–H and O–H groups in total. The van der Waals surface area contributed by atoms with Crippen LogP contribution in [0.5, 0.6) is 11.5 Å². The van der Waals surface area contributed by atoms with Crippen molar-refractivity contribution in [1.29, 1.82) is 0 Å². The van der Waals surface area contributed by atoms with E-state index in [1.165, 1.54) is 10.2 Å². The van der Waals surface area contributed by atoms with Crippen LogP contribution in [0.4, 0.5) is 0 Å². The van der Waals surface area contributed by atoms with Crippen LogP contribution in [-0.2, 0) is 10.0 Å². The molecule has 3 rings (SSSR count). The zero-order valence-electron chi connectivity index (χ0n) is 9.43. The first-order valence-corrected chi connectivity index (χ1v) is 6.93. The number of benzene rings is 1. The molecular formula is C11H11NO4S. The summed E-state index contributed by atoms with van der Waals surface area (Å²) in [5.74, 6) is 1.24. The smallest absolute Gasteiger partial charge is 0.236 e. The second kappa shape index (κ2) is 3.16. The molecule has 0 atom stereocenters. The summed E-state index contributed by atoms with van der Waals surface area (Å²) in [5, 5.41) is 0.861. The van der Waals surface area contributed by atoms with Gasteiger partial charge in [-0.2, -0.15) is 0 Å². The fourth-order valence-electron chi connectivity index (χ4n) is 2.02. The Morgan fingerprint density at radius 1 is 1.24 bits per heavy atom. The summed E-state index contributed by atoms with van der Waals surface area (Å²) in [5.41, 5.74) is 1.51. The van der Waals surface area contributed by atoms with Crippen molar-refractivity contribution in [2.45, 2.75) is 6.92 Å². The van der Waals surface area contributed by atoms with E-state index >= 15 is 0 Å². The molecule has 90 valence electrons. The predicted octanol–water partition coefficient (Wildman–Crippen LogP) is 1.49. The van der Waals surface area contributed by atoms with Crippen molar-refractivity contribution in [2.75, 3.05) is 13.0 Å². The number of nitrogens with zero attached hydrogens (tertiary/aromatic N) is 1. The Bertz CT molecular complexity index is 715. The summed E-state index contributed by atoms with van der Waals surface area (Å²) in [7, 11) is -3.31. The highest BCUT2D eigenvalue weighted by Crippen LogP contribution is 2.37. The second-order valence-electron chi connectivity index (χ2n) is 4.09. The molecule has 0 bridgehead atoms. The lowest BCUT2D eigenvalue weighted by atomic mass is 10.2. The van der Waals surface area contributed by atoms with Gasteiger partial charge in [-0.25, -0.2) is 12.4 Å². The number of rotatable bonds is 1. The second-order valence-corrected chi connectivity index (χ2v) is 5.95. The molecule has 0 saturated carbocycles. The van der Waals surface area contributed by atoms with E-state index in [-0.39, 0.29) is 6.79 Å². The average molecular weight is 253 g/mol. The van der Waals surface area contributed by atoms with Crippen LogP contribution in [0.3, 0.4) is 0 Å². The van der Waals surface area contributed by atoms with Crippen molar-refractivity contribution < 1.29 is 17.9 Å². The fraction of sp³-hybridized carbons (Fsp3) is 0.273. The molecule has 17 heavy (non-hydrogen) atoms. The lowest BCUT2D eigenvalue weighted by Gasteiger charge is -2.02. The van der Waals surface area contributed by atoms with E-state index in [0.717, 1.165) is 10.9 Å². The van der Waals surface area contributed by atoms with Crippen LogP contribution in [-0.4, -0.2) is 25.4 Å². The van der Waals surface area contributed by atoms with Gasteiger partial charge in [-0.05, 0) is 18.6 Å². The number of fused-ring (bicyclic) bond motifs is 2. The molecular weight excluding hydrogens is 242 g/mol. The molecule has 6 heteroatoms. The monoisotopic (exact) mass is 253 g/mol. The molecule has 1 aliphatic heterocycles. The molecule has 0 spiro atoms. The summed E-state index contributed by atoms with van der Waals surface area (Å²) >= 11 is 0. The quantitative estimate of drug-likeness (QED) is 0.772. The molecule has 0 fully saturated rings. The van der Waals surface area contributed by atoms with Gasteiger partial charge in [-0.15, -0.1) is 0 Å². The molecule has 2 aromatic rings. The molecule has 0 radical (unpaired) electrons. The molecule has 1 aliphatic rings. The van der Waals surface area contributed by atoms with Gasteiger partial charge in [0.05, 0.1) is 11.8 Å². The van der Waals surface area contributed by atoms with E-state index in [2.05, 4.69) is 0 Å². The summed E-state index contributed by atoms with van der Waals surface area (Å²) in [6, 6.07) is 3.51. The van der Waals surface area contributed by atoms with Crippen LogP contribution in [0.2, 0.25) is 0 Å². The zero-order chi connectivity index (χ0) is 12.2.